The van der Waals surface area contributed by atoms with Crippen molar-refractivity contribution in [1.82, 2.24) is 0 Å². The van der Waals surface area contributed by atoms with E-state index in [4.69, 9.17) is 18.9 Å². The normalized spacial score (nSPS) is 54.8. The van der Waals surface area contributed by atoms with Gasteiger partial charge in [0.15, 0.2) is 18.5 Å². The molecule has 2 aliphatic heterocycles. The molecule has 0 aromatic carbocycles. The summed E-state index contributed by atoms with van der Waals surface area (Å²) in [4.78, 5) is 0. The minimum Gasteiger partial charge on any atom is -0.427 e. The highest BCUT2D eigenvalue weighted by molar-refractivity contribution is 4.98. The third-order valence-electron chi connectivity index (χ3n) is 7.96. The highest BCUT2D eigenvalue weighted by Gasteiger charge is 2.54. The minimum absolute atomic E-state index is 0.00670. The van der Waals surface area contributed by atoms with Gasteiger partial charge in [0, 0.05) is 25.9 Å². The van der Waals surface area contributed by atoms with Gasteiger partial charge in [-0.25, -0.2) is 0 Å². The Balaban J connectivity index is 1.53. The van der Waals surface area contributed by atoms with Crippen LogP contribution in [0.25, 0.3) is 0 Å². The largest absolute Gasteiger partial charge is 0.427 e. The molecule has 2 aliphatic carbocycles. The smallest absolute Gasteiger partial charge is 0.187 e. The van der Waals surface area contributed by atoms with E-state index >= 15 is 0 Å². The van der Waals surface area contributed by atoms with Crippen LogP contribution in [-0.4, -0.2) is 116 Å². The molecule has 4 fully saturated rings. The Bertz CT molecular complexity index is 622. The molecule has 0 bridgehead atoms. The van der Waals surface area contributed by atoms with Gasteiger partial charge in [-0.1, -0.05) is 0 Å². The van der Waals surface area contributed by atoms with Crippen molar-refractivity contribution in [2.45, 2.75) is 119 Å². The molecule has 14 unspecified atom stereocenters. The minimum atomic E-state index is -1.42. The first-order valence-corrected chi connectivity index (χ1v) is 11.8. The lowest BCUT2D eigenvalue weighted by atomic mass is 9.72. The Labute approximate surface area is 188 Å². The van der Waals surface area contributed by atoms with E-state index in [1.165, 1.54) is 0 Å². The number of hydrogen-bond acceptors (Lipinski definition) is 9. The molecule has 10 heteroatoms. The van der Waals surface area contributed by atoms with Crippen LogP contribution in [-0.2, 0) is 14.2 Å². The number of ether oxygens (including phenoxy) is 4. The van der Waals surface area contributed by atoms with Crippen molar-refractivity contribution in [1.29, 1.82) is 0 Å². The van der Waals surface area contributed by atoms with Crippen LogP contribution in [0.3, 0.4) is 0 Å². The molecule has 4 aliphatic rings. The van der Waals surface area contributed by atoms with Crippen LogP contribution in [0.1, 0.15) is 45.4 Å². The molecule has 2 saturated heterocycles. The van der Waals surface area contributed by atoms with Gasteiger partial charge in [0.1, 0.15) is 24.4 Å². The Morgan fingerprint density at radius 1 is 0.812 bits per heavy atom. The van der Waals surface area contributed by atoms with Crippen LogP contribution < -0.4 is 0 Å². The fraction of sp³-hybridized carbons (Fsp3) is 1.00. The van der Waals surface area contributed by atoms with Crippen LogP contribution in [0, 0.1) is 11.8 Å². The van der Waals surface area contributed by atoms with Gasteiger partial charge in [-0.3, -0.25) is 0 Å². The van der Waals surface area contributed by atoms with Crippen LogP contribution in [0.15, 0.2) is 0 Å². The third kappa shape index (κ3) is 4.86. The summed E-state index contributed by atoms with van der Waals surface area (Å²) in [6.45, 7) is 1.60. The van der Waals surface area contributed by atoms with E-state index in [9.17, 15) is 30.6 Å². The summed E-state index contributed by atoms with van der Waals surface area (Å²) in [5.74, 6) is -0.180. The topological polar surface area (TPSA) is 162 Å². The summed E-state index contributed by atoms with van der Waals surface area (Å²) in [5, 5.41) is 61.9. The summed E-state index contributed by atoms with van der Waals surface area (Å²) in [6.07, 6.45) is -5.93. The SMILES string of the molecule is COC1CCC(C2[OH+]C3CC(O)CC(O)C3CC2OC2OC(C)C(O)C(O)C2O)CC1O. The van der Waals surface area contributed by atoms with Crippen molar-refractivity contribution in [2.75, 3.05) is 7.11 Å². The lowest BCUT2D eigenvalue weighted by molar-refractivity contribution is -0.353. The van der Waals surface area contributed by atoms with Crippen molar-refractivity contribution in [3.05, 3.63) is 0 Å². The molecule has 186 valence electrons. The maximum atomic E-state index is 10.6. The zero-order chi connectivity index (χ0) is 23.2. The van der Waals surface area contributed by atoms with Gasteiger partial charge < -0.3 is 49.6 Å². The van der Waals surface area contributed by atoms with E-state index in [1.54, 1.807) is 14.0 Å². The predicted molar refractivity (Wildman–Crippen MR) is 111 cm³/mol. The van der Waals surface area contributed by atoms with Crippen LogP contribution in [0.5, 0.6) is 0 Å². The highest BCUT2D eigenvalue weighted by Crippen LogP contribution is 2.42. The Morgan fingerprint density at radius 3 is 2.25 bits per heavy atom. The molecule has 0 amide bonds. The zero-order valence-electron chi connectivity index (χ0n) is 18.7. The van der Waals surface area contributed by atoms with Gasteiger partial charge in [0.2, 0.25) is 0 Å². The summed E-state index contributed by atoms with van der Waals surface area (Å²) < 4.78 is 22.2. The van der Waals surface area contributed by atoms with E-state index in [0.29, 0.717) is 25.7 Å². The lowest BCUT2D eigenvalue weighted by Crippen LogP contribution is -2.62. The van der Waals surface area contributed by atoms with Crippen molar-refractivity contribution in [3.63, 3.8) is 0 Å². The molecule has 2 heterocycles. The van der Waals surface area contributed by atoms with Crippen LogP contribution in [0.2, 0.25) is 0 Å². The standard InChI is InChI=1S/C22H38O10/c1-9-18(26)19(27)20(28)22(30-9)32-17-8-12-13(24)6-11(23)7-16(12)31-21(17)10-3-4-15(29-2)14(25)5-10/h9-28H,3-8H2,1-2H3/p+1. The molecule has 2 saturated carbocycles. The molecule has 14 atom stereocenters. The van der Waals surface area contributed by atoms with Gasteiger partial charge >= 0.3 is 0 Å². The van der Waals surface area contributed by atoms with E-state index in [0.717, 1.165) is 6.42 Å². The molecule has 7 N–H and O–H groups in total. The first kappa shape index (κ1) is 24.7. The monoisotopic (exact) mass is 463 g/mol. The molecule has 0 aromatic heterocycles. The average Bonchev–Trinajstić information content (AvgIpc) is 2.75. The zero-order valence-corrected chi connectivity index (χ0v) is 18.7. The van der Waals surface area contributed by atoms with Gasteiger partial charge in [0.05, 0.1) is 36.4 Å². The second-order valence-corrected chi connectivity index (χ2v) is 10.1. The number of aliphatic hydroxyl groups is 8. The van der Waals surface area contributed by atoms with Crippen molar-refractivity contribution in [2.24, 2.45) is 11.8 Å². The first-order chi connectivity index (χ1) is 15.2. The highest BCUT2D eigenvalue weighted by atomic mass is 16.7. The van der Waals surface area contributed by atoms with Crippen molar-refractivity contribution < 1.29 is 49.6 Å². The Kier molecular flexibility index (Phi) is 7.78. The summed E-state index contributed by atoms with van der Waals surface area (Å²) in [5.41, 5.74) is 0. The maximum Gasteiger partial charge on any atom is 0.187 e. The fourth-order valence-electron chi connectivity index (χ4n) is 6.07. The van der Waals surface area contributed by atoms with E-state index in [1.807, 2.05) is 0 Å². The molecule has 32 heavy (non-hydrogen) atoms. The third-order valence-corrected chi connectivity index (χ3v) is 7.96. The average molecular weight is 464 g/mol. The lowest BCUT2D eigenvalue weighted by Gasteiger charge is -2.48. The van der Waals surface area contributed by atoms with Gasteiger partial charge in [-0.2, -0.15) is 0 Å². The number of hydrogen-bond donors (Lipinski definition) is 6. The van der Waals surface area contributed by atoms with Gasteiger partial charge in [0.25, 0.3) is 0 Å². The molecular formula is C22H39O10+. The van der Waals surface area contributed by atoms with Crippen molar-refractivity contribution >= 4 is 0 Å². The maximum absolute atomic E-state index is 10.6. The Hall–Kier alpha value is -0.400. The fourth-order valence-corrected chi connectivity index (χ4v) is 6.07. The second-order valence-electron chi connectivity index (χ2n) is 10.1. The molecular weight excluding hydrogens is 424 g/mol. The molecule has 10 nitrogen and oxygen atoms in total. The summed E-state index contributed by atoms with van der Waals surface area (Å²) >= 11 is 0. The first-order valence-electron chi connectivity index (χ1n) is 11.8. The molecule has 0 radical (unpaired) electrons. The quantitative estimate of drug-likeness (QED) is 0.264. The molecule has 0 spiro atoms. The van der Waals surface area contributed by atoms with E-state index in [-0.39, 0.29) is 36.6 Å². The van der Waals surface area contributed by atoms with Crippen molar-refractivity contribution in [3.8, 4) is 0 Å². The summed E-state index contributed by atoms with van der Waals surface area (Å²) in [7, 11) is 1.59. The molecule has 0 aromatic rings. The number of fused-ring (bicyclic) bond motifs is 1. The predicted octanol–water partition coefficient (Wildman–Crippen LogP) is -1.82. The second kappa shape index (κ2) is 10.1. The number of aliphatic hydroxyl groups excluding tert-OH is 6. The van der Waals surface area contributed by atoms with Crippen LogP contribution >= 0.6 is 0 Å². The van der Waals surface area contributed by atoms with E-state index in [2.05, 4.69) is 0 Å². The summed E-state index contributed by atoms with van der Waals surface area (Å²) in [6, 6.07) is 0. The van der Waals surface area contributed by atoms with Gasteiger partial charge in [-0.15, -0.1) is 0 Å². The molecule has 4 rings (SSSR count). The number of rotatable bonds is 4. The van der Waals surface area contributed by atoms with Crippen LogP contribution in [0.4, 0.5) is 0 Å². The Morgan fingerprint density at radius 2 is 1.56 bits per heavy atom. The van der Waals surface area contributed by atoms with E-state index < -0.39 is 55.1 Å². The van der Waals surface area contributed by atoms with Gasteiger partial charge in [-0.05, 0) is 32.6 Å². The number of methoxy groups -OCH3 is 1.